The average molecular weight is 225 g/mol. The van der Waals surface area contributed by atoms with E-state index in [4.69, 9.17) is 5.73 Å². The molecule has 0 aliphatic heterocycles. The van der Waals surface area contributed by atoms with Crippen LogP contribution in [0.25, 0.3) is 16.6 Å². The van der Waals surface area contributed by atoms with E-state index in [-0.39, 0.29) is 0 Å². The molecule has 0 spiro atoms. The predicted molar refractivity (Wildman–Crippen MR) is 64.6 cm³/mol. The minimum absolute atomic E-state index is 0.415. The van der Waals surface area contributed by atoms with E-state index in [1.165, 1.54) is 0 Å². The third-order valence-corrected chi connectivity index (χ3v) is 2.66. The van der Waals surface area contributed by atoms with Gasteiger partial charge in [-0.1, -0.05) is 11.3 Å². The quantitative estimate of drug-likeness (QED) is 0.713. The maximum atomic E-state index is 5.63. The minimum Gasteiger partial charge on any atom is -0.325 e. The van der Waals surface area contributed by atoms with E-state index >= 15 is 0 Å². The topological polar surface area (TPSA) is 69.6 Å². The molecule has 5 nitrogen and oxygen atoms in total. The molecule has 3 aromatic rings. The molecule has 5 heteroatoms. The average Bonchev–Trinajstić information content (AvgIpc) is 2.86. The number of nitrogens with two attached hydrogens (primary N) is 1. The number of hydrogen-bond donors (Lipinski definition) is 1. The van der Waals surface area contributed by atoms with Crippen LogP contribution in [0.4, 0.5) is 0 Å². The van der Waals surface area contributed by atoms with Crippen LogP contribution in [0.2, 0.25) is 0 Å². The second-order valence-corrected chi connectivity index (χ2v) is 3.72. The maximum absolute atomic E-state index is 5.63. The number of nitrogens with zero attached hydrogens (tertiary/aromatic N) is 4. The second kappa shape index (κ2) is 3.95. The molecule has 0 saturated carbocycles. The van der Waals surface area contributed by atoms with Crippen molar-refractivity contribution >= 4 is 10.9 Å². The molecule has 1 aromatic carbocycles. The van der Waals surface area contributed by atoms with E-state index in [1.807, 2.05) is 30.3 Å². The van der Waals surface area contributed by atoms with E-state index in [1.54, 1.807) is 17.1 Å². The first-order chi connectivity index (χ1) is 8.38. The highest BCUT2D eigenvalue weighted by atomic mass is 15.4. The first-order valence-electron chi connectivity index (χ1n) is 5.33. The third kappa shape index (κ3) is 1.66. The monoisotopic (exact) mass is 225 g/mol. The molecule has 2 N–H and O–H groups in total. The summed E-state index contributed by atoms with van der Waals surface area (Å²) in [6.45, 7) is 0.415. The molecule has 0 aliphatic rings. The zero-order valence-electron chi connectivity index (χ0n) is 9.11. The van der Waals surface area contributed by atoms with E-state index < -0.39 is 0 Å². The molecule has 0 radical (unpaired) electrons. The highest BCUT2D eigenvalue weighted by Gasteiger charge is 2.05. The zero-order valence-corrected chi connectivity index (χ0v) is 9.11. The van der Waals surface area contributed by atoms with Crippen molar-refractivity contribution in [2.75, 3.05) is 0 Å². The zero-order chi connectivity index (χ0) is 11.7. The first-order valence-corrected chi connectivity index (χ1v) is 5.33. The van der Waals surface area contributed by atoms with Gasteiger partial charge in [0.2, 0.25) is 0 Å². The molecule has 84 valence electrons. The van der Waals surface area contributed by atoms with Crippen LogP contribution in [0.15, 0.2) is 42.7 Å². The van der Waals surface area contributed by atoms with Gasteiger partial charge in [0, 0.05) is 18.1 Å². The maximum Gasteiger partial charge on any atom is 0.0781 e. The molecule has 0 aliphatic carbocycles. The van der Waals surface area contributed by atoms with Gasteiger partial charge >= 0.3 is 0 Å². The summed E-state index contributed by atoms with van der Waals surface area (Å²) >= 11 is 0. The molecule has 0 amide bonds. The van der Waals surface area contributed by atoms with Crippen molar-refractivity contribution in [1.82, 2.24) is 20.0 Å². The Bertz CT molecular complexity index is 659. The molecule has 2 heterocycles. The van der Waals surface area contributed by atoms with E-state index in [0.717, 1.165) is 22.3 Å². The molecule has 0 fully saturated rings. The summed E-state index contributed by atoms with van der Waals surface area (Å²) in [6, 6.07) is 9.88. The van der Waals surface area contributed by atoms with Crippen LogP contribution in [-0.4, -0.2) is 20.0 Å². The Hall–Kier alpha value is -2.27. The summed E-state index contributed by atoms with van der Waals surface area (Å²) in [5, 5.41) is 8.97. The summed E-state index contributed by atoms with van der Waals surface area (Å²) in [5.74, 6) is 0. The molecule has 3 rings (SSSR count). The predicted octanol–water partition coefficient (Wildman–Crippen LogP) is 1.27. The van der Waals surface area contributed by atoms with E-state index in [9.17, 15) is 0 Å². The van der Waals surface area contributed by atoms with E-state index in [0.29, 0.717) is 6.54 Å². The molecule has 0 saturated heterocycles. The first kappa shape index (κ1) is 9.92. The van der Waals surface area contributed by atoms with Gasteiger partial charge in [-0.3, -0.25) is 4.98 Å². The van der Waals surface area contributed by atoms with Crippen LogP contribution in [-0.2, 0) is 6.54 Å². The van der Waals surface area contributed by atoms with Crippen molar-refractivity contribution in [3.8, 4) is 5.69 Å². The number of benzene rings is 1. The summed E-state index contributed by atoms with van der Waals surface area (Å²) in [7, 11) is 0. The Kier molecular flexibility index (Phi) is 2.31. The summed E-state index contributed by atoms with van der Waals surface area (Å²) in [4.78, 5) is 4.28. The van der Waals surface area contributed by atoms with Gasteiger partial charge in [0.05, 0.1) is 23.1 Å². The fourth-order valence-electron chi connectivity index (χ4n) is 1.81. The summed E-state index contributed by atoms with van der Waals surface area (Å²) in [6.07, 6.45) is 3.45. The Morgan fingerprint density at radius 2 is 2.18 bits per heavy atom. The summed E-state index contributed by atoms with van der Waals surface area (Å²) < 4.78 is 1.74. The lowest BCUT2D eigenvalue weighted by Crippen LogP contribution is -2.06. The lowest BCUT2D eigenvalue weighted by atomic mass is 10.2. The van der Waals surface area contributed by atoms with E-state index in [2.05, 4.69) is 15.3 Å². The van der Waals surface area contributed by atoms with Gasteiger partial charge in [-0.2, -0.15) is 0 Å². The van der Waals surface area contributed by atoms with Crippen LogP contribution in [0, 0.1) is 0 Å². The van der Waals surface area contributed by atoms with Crippen molar-refractivity contribution in [3.05, 3.63) is 48.4 Å². The van der Waals surface area contributed by atoms with Crippen molar-refractivity contribution < 1.29 is 0 Å². The van der Waals surface area contributed by atoms with Gasteiger partial charge in [0.1, 0.15) is 0 Å². The van der Waals surface area contributed by atoms with Crippen LogP contribution in [0.3, 0.4) is 0 Å². The fourth-order valence-corrected chi connectivity index (χ4v) is 1.81. The molecule has 0 bridgehead atoms. The highest BCUT2D eigenvalue weighted by Crippen LogP contribution is 2.16. The van der Waals surface area contributed by atoms with Crippen LogP contribution in [0.5, 0.6) is 0 Å². The van der Waals surface area contributed by atoms with Crippen molar-refractivity contribution in [2.45, 2.75) is 6.54 Å². The van der Waals surface area contributed by atoms with Gasteiger partial charge in [0.15, 0.2) is 0 Å². The van der Waals surface area contributed by atoms with Crippen molar-refractivity contribution in [2.24, 2.45) is 5.73 Å². The van der Waals surface area contributed by atoms with Gasteiger partial charge in [-0.15, -0.1) is 5.10 Å². The molecular weight excluding hydrogens is 214 g/mol. The molecule has 0 atom stereocenters. The lowest BCUT2D eigenvalue weighted by molar-refractivity contribution is 0.762. The van der Waals surface area contributed by atoms with Crippen molar-refractivity contribution in [1.29, 1.82) is 0 Å². The van der Waals surface area contributed by atoms with Gasteiger partial charge in [-0.05, 0) is 24.3 Å². The lowest BCUT2D eigenvalue weighted by Gasteiger charge is -2.05. The smallest absolute Gasteiger partial charge is 0.0781 e. The Morgan fingerprint density at radius 1 is 1.24 bits per heavy atom. The molecule has 2 aromatic heterocycles. The highest BCUT2D eigenvalue weighted by molar-refractivity contribution is 5.80. The van der Waals surface area contributed by atoms with Gasteiger partial charge < -0.3 is 5.73 Å². The SMILES string of the molecule is NCc1cnnn1-c1ccc2ncccc2c1. The number of fused-ring (bicyclic) bond motifs is 1. The largest absolute Gasteiger partial charge is 0.325 e. The molecule has 0 unspecified atom stereocenters. The van der Waals surface area contributed by atoms with Crippen LogP contribution >= 0.6 is 0 Å². The number of rotatable bonds is 2. The number of pyridine rings is 1. The van der Waals surface area contributed by atoms with Crippen LogP contribution < -0.4 is 5.73 Å². The Labute approximate surface area is 97.9 Å². The summed E-state index contributed by atoms with van der Waals surface area (Å²) in [5.41, 5.74) is 8.43. The van der Waals surface area contributed by atoms with Crippen molar-refractivity contribution in [3.63, 3.8) is 0 Å². The third-order valence-electron chi connectivity index (χ3n) is 2.66. The number of hydrogen-bond acceptors (Lipinski definition) is 4. The number of aromatic nitrogens is 4. The minimum atomic E-state index is 0.415. The second-order valence-electron chi connectivity index (χ2n) is 3.72. The standard InChI is InChI=1S/C12H11N5/c13-7-11-8-15-16-17(11)10-3-4-12-9(6-10)2-1-5-14-12/h1-6,8H,7,13H2. The fraction of sp³-hybridized carbons (Fsp3) is 0.0833. The normalized spacial score (nSPS) is 10.9. The molecule has 17 heavy (non-hydrogen) atoms. The Morgan fingerprint density at radius 3 is 3.06 bits per heavy atom. The van der Waals surface area contributed by atoms with Crippen LogP contribution in [0.1, 0.15) is 5.69 Å². The Balaban J connectivity index is 2.18. The van der Waals surface area contributed by atoms with Gasteiger partial charge in [0.25, 0.3) is 0 Å². The van der Waals surface area contributed by atoms with Gasteiger partial charge in [-0.25, -0.2) is 4.68 Å². The molecular formula is C12H11N5.